The number of aromatic nitrogens is 1. The molecule has 3 rings (SSSR count). The van der Waals surface area contributed by atoms with Crippen molar-refractivity contribution >= 4 is 33.3 Å². The Balaban J connectivity index is 1.91. The fraction of sp³-hybridized carbons (Fsp3) is 0.188. The average molecular weight is 314 g/mol. The van der Waals surface area contributed by atoms with Gasteiger partial charge in [-0.25, -0.2) is 9.78 Å². The quantitative estimate of drug-likeness (QED) is 0.749. The van der Waals surface area contributed by atoms with E-state index in [4.69, 9.17) is 4.42 Å². The highest BCUT2D eigenvalue weighted by atomic mass is 32.1. The van der Waals surface area contributed by atoms with Gasteiger partial charge < -0.3 is 4.42 Å². The fourth-order valence-electron chi connectivity index (χ4n) is 1.99. The molecular weight excluding hydrogens is 300 g/mol. The van der Waals surface area contributed by atoms with Crippen LogP contribution in [0.25, 0.3) is 11.0 Å². The van der Waals surface area contributed by atoms with Gasteiger partial charge in [-0.3, -0.25) is 10.1 Å². The van der Waals surface area contributed by atoms with Crippen molar-refractivity contribution in [3.05, 3.63) is 57.4 Å². The van der Waals surface area contributed by atoms with Gasteiger partial charge in [-0.15, -0.1) is 11.3 Å². The van der Waals surface area contributed by atoms with Crippen molar-refractivity contribution in [2.45, 2.75) is 19.8 Å². The minimum Gasteiger partial charge on any atom is -0.422 e. The van der Waals surface area contributed by atoms with E-state index in [1.807, 2.05) is 25.3 Å². The molecule has 0 aliphatic heterocycles. The van der Waals surface area contributed by atoms with Gasteiger partial charge in [0.15, 0.2) is 5.13 Å². The number of carbonyl (C=O) groups is 1. The Kier molecular flexibility index (Phi) is 3.77. The van der Waals surface area contributed by atoms with Gasteiger partial charge in [-0.2, -0.15) is 0 Å². The maximum absolute atomic E-state index is 12.3. The smallest absolute Gasteiger partial charge is 0.349 e. The molecule has 2 heterocycles. The molecule has 0 unspecified atom stereocenters. The van der Waals surface area contributed by atoms with E-state index in [0.717, 1.165) is 5.69 Å². The number of benzene rings is 1. The SMILES string of the molecule is CC(C)c1csc(NC(=O)c2cc3ccccc3oc2=O)n1. The van der Waals surface area contributed by atoms with E-state index >= 15 is 0 Å². The number of fused-ring (bicyclic) bond motifs is 1. The standard InChI is InChI=1S/C16H14N2O3S/c1-9(2)12-8-22-16(17-12)18-14(19)11-7-10-5-3-4-6-13(10)21-15(11)20/h3-9H,1-2H3,(H,17,18,19). The first-order valence-corrected chi connectivity index (χ1v) is 7.72. The molecule has 0 spiro atoms. The summed E-state index contributed by atoms with van der Waals surface area (Å²) in [5.74, 6) is -0.225. The summed E-state index contributed by atoms with van der Waals surface area (Å²) in [6.07, 6.45) is 0. The van der Waals surface area contributed by atoms with E-state index < -0.39 is 11.5 Å². The van der Waals surface area contributed by atoms with Gasteiger partial charge in [0.25, 0.3) is 5.91 Å². The van der Waals surface area contributed by atoms with Crippen LogP contribution in [0.1, 0.15) is 35.8 Å². The van der Waals surface area contributed by atoms with Crippen LogP contribution in [0.15, 0.2) is 44.9 Å². The number of para-hydroxylation sites is 1. The lowest BCUT2D eigenvalue weighted by atomic mass is 10.2. The molecule has 0 aliphatic rings. The van der Waals surface area contributed by atoms with Crippen LogP contribution >= 0.6 is 11.3 Å². The van der Waals surface area contributed by atoms with Crippen LogP contribution in [-0.2, 0) is 0 Å². The van der Waals surface area contributed by atoms with Crippen molar-refractivity contribution in [3.63, 3.8) is 0 Å². The molecule has 0 bridgehead atoms. The van der Waals surface area contributed by atoms with Gasteiger partial charge in [-0.05, 0) is 18.1 Å². The molecule has 2 aromatic heterocycles. The van der Waals surface area contributed by atoms with E-state index in [0.29, 0.717) is 16.1 Å². The van der Waals surface area contributed by atoms with Crippen LogP contribution in [0.5, 0.6) is 0 Å². The van der Waals surface area contributed by atoms with Gasteiger partial charge in [-0.1, -0.05) is 32.0 Å². The van der Waals surface area contributed by atoms with Gasteiger partial charge >= 0.3 is 5.63 Å². The molecule has 0 fully saturated rings. The van der Waals surface area contributed by atoms with E-state index in [1.54, 1.807) is 18.2 Å². The average Bonchev–Trinajstić information content (AvgIpc) is 2.95. The molecule has 112 valence electrons. The van der Waals surface area contributed by atoms with E-state index in [2.05, 4.69) is 10.3 Å². The predicted octanol–water partition coefficient (Wildman–Crippen LogP) is 3.63. The Morgan fingerprint density at radius 2 is 2.09 bits per heavy atom. The topological polar surface area (TPSA) is 72.2 Å². The van der Waals surface area contributed by atoms with Crippen molar-refractivity contribution in [3.8, 4) is 0 Å². The summed E-state index contributed by atoms with van der Waals surface area (Å²) in [6, 6.07) is 8.60. The van der Waals surface area contributed by atoms with E-state index in [9.17, 15) is 9.59 Å². The number of rotatable bonds is 3. The Morgan fingerprint density at radius 3 is 2.82 bits per heavy atom. The summed E-state index contributed by atoms with van der Waals surface area (Å²) in [7, 11) is 0. The summed E-state index contributed by atoms with van der Waals surface area (Å²) >= 11 is 1.33. The molecular formula is C16H14N2O3S. The number of nitrogens with one attached hydrogen (secondary N) is 1. The van der Waals surface area contributed by atoms with Gasteiger partial charge in [0.05, 0.1) is 5.69 Å². The molecule has 1 N–H and O–H groups in total. The Labute approximate surface area is 130 Å². The summed E-state index contributed by atoms with van der Waals surface area (Å²) in [4.78, 5) is 28.5. The predicted molar refractivity (Wildman–Crippen MR) is 86.6 cm³/mol. The number of nitrogens with zero attached hydrogens (tertiary/aromatic N) is 1. The molecule has 0 aliphatic carbocycles. The second kappa shape index (κ2) is 5.73. The lowest BCUT2D eigenvalue weighted by Gasteiger charge is -2.02. The van der Waals surface area contributed by atoms with E-state index in [1.165, 1.54) is 17.4 Å². The molecule has 22 heavy (non-hydrogen) atoms. The van der Waals surface area contributed by atoms with Crippen LogP contribution < -0.4 is 10.9 Å². The maximum atomic E-state index is 12.3. The minimum absolute atomic E-state index is 0.0278. The first-order valence-electron chi connectivity index (χ1n) is 6.84. The zero-order chi connectivity index (χ0) is 15.7. The molecule has 1 amide bonds. The Bertz CT molecular complexity index is 896. The van der Waals surface area contributed by atoms with Gasteiger partial charge in [0.1, 0.15) is 11.1 Å². The van der Waals surface area contributed by atoms with Crippen molar-refractivity contribution in [2.75, 3.05) is 5.32 Å². The number of carbonyl (C=O) groups excluding carboxylic acids is 1. The zero-order valence-electron chi connectivity index (χ0n) is 12.1. The van der Waals surface area contributed by atoms with E-state index in [-0.39, 0.29) is 11.5 Å². The second-order valence-corrected chi connectivity index (χ2v) is 6.03. The molecule has 3 aromatic rings. The largest absolute Gasteiger partial charge is 0.422 e. The Hall–Kier alpha value is -2.47. The molecule has 0 radical (unpaired) electrons. The van der Waals surface area contributed by atoms with Gasteiger partial charge in [0, 0.05) is 10.8 Å². The highest BCUT2D eigenvalue weighted by Crippen LogP contribution is 2.22. The fourth-order valence-corrected chi connectivity index (χ4v) is 2.86. The van der Waals surface area contributed by atoms with Crippen LogP contribution in [0.4, 0.5) is 5.13 Å². The number of hydrogen-bond donors (Lipinski definition) is 1. The first kappa shape index (κ1) is 14.5. The number of hydrogen-bond acceptors (Lipinski definition) is 5. The molecule has 6 heteroatoms. The third-order valence-electron chi connectivity index (χ3n) is 3.22. The number of amides is 1. The lowest BCUT2D eigenvalue weighted by molar-refractivity contribution is 0.102. The number of thiazole rings is 1. The van der Waals surface area contributed by atoms with Crippen LogP contribution in [-0.4, -0.2) is 10.9 Å². The van der Waals surface area contributed by atoms with Crippen molar-refractivity contribution in [1.82, 2.24) is 4.98 Å². The molecule has 0 saturated heterocycles. The lowest BCUT2D eigenvalue weighted by Crippen LogP contribution is -2.20. The first-order chi connectivity index (χ1) is 10.5. The normalized spacial score (nSPS) is 11.0. The van der Waals surface area contributed by atoms with Crippen LogP contribution in [0.3, 0.4) is 0 Å². The molecule has 5 nitrogen and oxygen atoms in total. The third-order valence-corrected chi connectivity index (χ3v) is 4.00. The van der Waals surface area contributed by atoms with Crippen molar-refractivity contribution in [2.24, 2.45) is 0 Å². The minimum atomic E-state index is -0.656. The third kappa shape index (κ3) is 2.78. The summed E-state index contributed by atoms with van der Waals surface area (Å²) in [5.41, 5.74) is 0.683. The number of anilines is 1. The zero-order valence-corrected chi connectivity index (χ0v) is 12.9. The summed E-state index contributed by atoms with van der Waals surface area (Å²) in [6.45, 7) is 4.05. The van der Waals surface area contributed by atoms with Crippen LogP contribution in [0.2, 0.25) is 0 Å². The van der Waals surface area contributed by atoms with Crippen LogP contribution in [0, 0.1) is 0 Å². The second-order valence-electron chi connectivity index (χ2n) is 5.17. The van der Waals surface area contributed by atoms with Gasteiger partial charge in [0.2, 0.25) is 0 Å². The maximum Gasteiger partial charge on any atom is 0.349 e. The highest BCUT2D eigenvalue weighted by molar-refractivity contribution is 7.14. The summed E-state index contributed by atoms with van der Waals surface area (Å²) < 4.78 is 5.16. The highest BCUT2D eigenvalue weighted by Gasteiger charge is 2.15. The Morgan fingerprint density at radius 1 is 1.32 bits per heavy atom. The summed E-state index contributed by atoms with van der Waals surface area (Å²) in [5, 5.41) is 5.72. The molecule has 0 saturated carbocycles. The molecule has 0 atom stereocenters. The van der Waals surface area contributed by atoms with Crippen molar-refractivity contribution in [1.29, 1.82) is 0 Å². The monoisotopic (exact) mass is 314 g/mol. The van der Waals surface area contributed by atoms with Crippen molar-refractivity contribution < 1.29 is 9.21 Å². The molecule has 1 aromatic carbocycles.